The third-order valence-corrected chi connectivity index (χ3v) is 4.50. The van der Waals surface area contributed by atoms with Crippen LogP contribution in [0, 0.1) is 5.92 Å². The van der Waals surface area contributed by atoms with Crippen molar-refractivity contribution in [2.45, 2.75) is 46.1 Å². The number of halogens is 1. The standard InChI is InChI=1S/C20H35FNO8P/c1-4-18(21)8-7-10-22-11-13-29-31(25,26)30-16-19(15-27-14-17(2)3)28-12-6-5-9-20(23)24/h4,7-8,10,17,19H,5-6,9,11-16H2,1-3H3,(H,23,24)(H,25,26)/b8-7-,18-4+,22-10+. The molecule has 0 aromatic rings. The summed E-state index contributed by atoms with van der Waals surface area (Å²) in [5.41, 5.74) is 0. The molecule has 2 atom stereocenters. The number of carbonyl (C=O) groups is 1. The maximum atomic E-state index is 12.8. The van der Waals surface area contributed by atoms with Crippen LogP contribution in [0.2, 0.25) is 0 Å². The highest BCUT2D eigenvalue weighted by molar-refractivity contribution is 7.47. The molecule has 180 valence electrons. The predicted molar refractivity (Wildman–Crippen MR) is 116 cm³/mol. The highest BCUT2D eigenvalue weighted by Gasteiger charge is 2.23. The number of hydrogen-bond donors (Lipinski definition) is 2. The minimum absolute atomic E-state index is 0.0522. The van der Waals surface area contributed by atoms with E-state index in [1.807, 2.05) is 13.8 Å². The lowest BCUT2D eigenvalue weighted by molar-refractivity contribution is -0.137. The van der Waals surface area contributed by atoms with Gasteiger partial charge in [0, 0.05) is 25.8 Å². The number of aliphatic imine (C=N–C) groups is 1. The number of hydrogen-bond acceptors (Lipinski definition) is 7. The summed E-state index contributed by atoms with van der Waals surface area (Å²) in [7, 11) is -4.31. The van der Waals surface area contributed by atoms with Crippen LogP contribution in [0.1, 0.15) is 40.0 Å². The molecule has 0 fully saturated rings. The minimum Gasteiger partial charge on any atom is -0.481 e. The molecule has 0 amide bonds. The Morgan fingerprint density at radius 2 is 1.90 bits per heavy atom. The number of carboxylic acid groups (broad SMARTS) is 1. The lowest BCUT2D eigenvalue weighted by Crippen LogP contribution is -2.27. The van der Waals surface area contributed by atoms with Gasteiger partial charge in [0.05, 0.1) is 26.4 Å². The van der Waals surface area contributed by atoms with Crippen molar-refractivity contribution in [2.75, 3.05) is 39.6 Å². The molecule has 0 aromatic carbocycles. The Balaban J connectivity index is 4.33. The molecule has 0 spiro atoms. The SMILES string of the molecule is C\C=C(F)/C=C\C=N\CCOP(=O)(O)OCC(COCC(C)C)OCCCCC(=O)O. The van der Waals surface area contributed by atoms with Crippen molar-refractivity contribution in [1.29, 1.82) is 0 Å². The van der Waals surface area contributed by atoms with Gasteiger partial charge in [0.2, 0.25) is 0 Å². The number of allylic oxidation sites excluding steroid dienone is 4. The Morgan fingerprint density at radius 1 is 1.16 bits per heavy atom. The van der Waals surface area contributed by atoms with Gasteiger partial charge in [-0.2, -0.15) is 0 Å². The molecule has 0 aromatic heterocycles. The summed E-state index contributed by atoms with van der Waals surface area (Å²) in [4.78, 5) is 24.2. The molecule has 31 heavy (non-hydrogen) atoms. The van der Waals surface area contributed by atoms with E-state index in [0.29, 0.717) is 25.4 Å². The topological polar surface area (TPSA) is 124 Å². The highest BCUT2D eigenvalue weighted by Crippen LogP contribution is 2.43. The fraction of sp³-hybridized carbons (Fsp3) is 0.700. The number of ether oxygens (including phenoxy) is 2. The molecular weight excluding hydrogens is 432 g/mol. The zero-order valence-corrected chi connectivity index (χ0v) is 19.3. The van der Waals surface area contributed by atoms with Gasteiger partial charge in [-0.3, -0.25) is 18.8 Å². The van der Waals surface area contributed by atoms with Crippen LogP contribution in [0.25, 0.3) is 0 Å². The first-order valence-electron chi connectivity index (χ1n) is 10.2. The molecule has 0 saturated carbocycles. The summed E-state index contributed by atoms with van der Waals surface area (Å²) >= 11 is 0. The fourth-order valence-electron chi connectivity index (χ4n) is 2.00. The number of carboxylic acids is 1. The van der Waals surface area contributed by atoms with E-state index in [0.717, 1.165) is 0 Å². The van der Waals surface area contributed by atoms with Crippen LogP contribution in [-0.4, -0.2) is 67.9 Å². The van der Waals surface area contributed by atoms with Gasteiger partial charge in [0.1, 0.15) is 11.9 Å². The highest BCUT2D eigenvalue weighted by atomic mass is 31.2. The number of phosphoric acid groups is 1. The van der Waals surface area contributed by atoms with Gasteiger partial charge in [-0.05, 0) is 37.8 Å². The number of phosphoric ester groups is 1. The largest absolute Gasteiger partial charge is 0.481 e. The predicted octanol–water partition coefficient (Wildman–Crippen LogP) is 3.93. The first kappa shape index (κ1) is 29.6. The van der Waals surface area contributed by atoms with Gasteiger partial charge in [-0.15, -0.1) is 0 Å². The molecule has 11 heteroatoms. The Bertz CT molecular complexity index is 624. The van der Waals surface area contributed by atoms with Gasteiger partial charge in [-0.1, -0.05) is 19.9 Å². The van der Waals surface area contributed by atoms with Crippen LogP contribution >= 0.6 is 7.82 Å². The van der Waals surface area contributed by atoms with Crippen molar-refractivity contribution in [3.63, 3.8) is 0 Å². The quantitative estimate of drug-likeness (QED) is 0.127. The molecule has 0 saturated heterocycles. The third kappa shape index (κ3) is 20.2. The molecule has 0 aliphatic carbocycles. The second kappa shape index (κ2) is 18.2. The maximum absolute atomic E-state index is 12.8. The number of nitrogens with zero attached hydrogens (tertiary/aromatic N) is 1. The molecule has 0 heterocycles. The Kier molecular flexibility index (Phi) is 17.3. The van der Waals surface area contributed by atoms with Gasteiger partial charge in [-0.25, -0.2) is 8.96 Å². The smallest absolute Gasteiger partial charge is 0.472 e. The summed E-state index contributed by atoms with van der Waals surface area (Å²) in [5, 5.41) is 8.64. The van der Waals surface area contributed by atoms with Gasteiger partial charge in [0.15, 0.2) is 0 Å². The average Bonchev–Trinajstić information content (AvgIpc) is 2.69. The van der Waals surface area contributed by atoms with E-state index >= 15 is 0 Å². The Hall–Kier alpha value is -1.42. The van der Waals surface area contributed by atoms with E-state index in [9.17, 15) is 18.6 Å². The summed E-state index contributed by atoms with van der Waals surface area (Å²) in [6, 6.07) is 0. The van der Waals surface area contributed by atoms with E-state index in [4.69, 9.17) is 23.6 Å². The monoisotopic (exact) mass is 467 g/mol. The van der Waals surface area contributed by atoms with Crippen LogP contribution in [-0.2, 0) is 27.9 Å². The molecule has 9 nitrogen and oxygen atoms in total. The van der Waals surface area contributed by atoms with Gasteiger partial charge < -0.3 is 19.5 Å². The molecule has 0 aliphatic rings. The van der Waals surface area contributed by atoms with Crippen molar-refractivity contribution >= 4 is 20.0 Å². The number of aliphatic carboxylic acids is 1. The fourth-order valence-corrected chi connectivity index (χ4v) is 2.74. The van der Waals surface area contributed by atoms with Crippen molar-refractivity contribution in [2.24, 2.45) is 10.9 Å². The molecule has 0 rings (SSSR count). The normalized spacial score (nSPS) is 15.7. The minimum atomic E-state index is -4.31. The van der Waals surface area contributed by atoms with E-state index < -0.39 is 25.7 Å². The van der Waals surface area contributed by atoms with E-state index in [-0.39, 0.29) is 39.4 Å². The van der Waals surface area contributed by atoms with Crippen LogP contribution in [0.5, 0.6) is 0 Å². The number of unbranched alkanes of at least 4 members (excludes halogenated alkanes) is 1. The second-order valence-electron chi connectivity index (χ2n) is 6.96. The van der Waals surface area contributed by atoms with Crippen LogP contribution in [0.4, 0.5) is 4.39 Å². The second-order valence-corrected chi connectivity index (χ2v) is 8.41. The third-order valence-electron chi connectivity index (χ3n) is 3.51. The van der Waals surface area contributed by atoms with Gasteiger partial charge in [0.25, 0.3) is 0 Å². The summed E-state index contributed by atoms with van der Waals surface area (Å²) < 4.78 is 45.8. The molecule has 2 unspecified atom stereocenters. The summed E-state index contributed by atoms with van der Waals surface area (Å²) in [6.45, 7) is 6.19. The molecule has 0 radical (unpaired) electrons. The van der Waals surface area contributed by atoms with Crippen molar-refractivity contribution in [3.8, 4) is 0 Å². The molecule has 0 bridgehead atoms. The molecule has 0 aliphatic heterocycles. The zero-order chi connectivity index (χ0) is 23.5. The van der Waals surface area contributed by atoms with Crippen LogP contribution in [0.3, 0.4) is 0 Å². The first-order valence-corrected chi connectivity index (χ1v) is 11.7. The Morgan fingerprint density at radius 3 is 2.55 bits per heavy atom. The average molecular weight is 467 g/mol. The molecule has 2 N–H and O–H groups in total. The van der Waals surface area contributed by atoms with Crippen LogP contribution in [0.15, 0.2) is 29.0 Å². The molecular formula is C20H35FNO8P. The van der Waals surface area contributed by atoms with Gasteiger partial charge >= 0.3 is 13.8 Å². The van der Waals surface area contributed by atoms with Crippen molar-refractivity contribution in [3.05, 3.63) is 24.1 Å². The van der Waals surface area contributed by atoms with E-state index in [1.165, 1.54) is 24.4 Å². The lowest BCUT2D eigenvalue weighted by Gasteiger charge is -2.20. The van der Waals surface area contributed by atoms with Crippen molar-refractivity contribution < 1.29 is 42.3 Å². The Labute approximate surface area is 183 Å². The van der Waals surface area contributed by atoms with Crippen LogP contribution < -0.4 is 0 Å². The lowest BCUT2D eigenvalue weighted by atomic mass is 10.2. The zero-order valence-electron chi connectivity index (χ0n) is 18.4. The van der Waals surface area contributed by atoms with Crippen molar-refractivity contribution in [1.82, 2.24) is 0 Å². The first-order chi connectivity index (χ1) is 14.7. The van der Waals surface area contributed by atoms with E-state index in [2.05, 4.69) is 4.99 Å². The summed E-state index contributed by atoms with van der Waals surface area (Å²) in [5.74, 6) is -0.954. The maximum Gasteiger partial charge on any atom is 0.472 e. The van der Waals surface area contributed by atoms with E-state index in [1.54, 1.807) is 6.92 Å². The summed E-state index contributed by atoms with van der Waals surface area (Å²) in [6.07, 6.45) is 5.74. The number of rotatable bonds is 19.